The van der Waals surface area contributed by atoms with Gasteiger partial charge in [0.15, 0.2) is 5.69 Å². The van der Waals surface area contributed by atoms with Crippen molar-refractivity contribution in [2.45, 2.75) is 64.1 Å². The van der Waals surface area contributed by atoms with Gasteiger partial charge in [0.2, 0.25) is 0 Å². The molecule has 4 rings (SSSR count). The Morgan fingerprint density at radius 3 is 2.70 bits per heavy atom. The third-order valence-corrected chi connectivity index (χ3v) is 6.35. The molecule has 5 nitrogen and oxygen atoms in total. The first-order valence-corrected chi connectivity index (χ1v) is 9.20. The number of aromatic nitrogens is 2. The van der Waals surface area contributed by atoms with Crippen LogP contribution in [0.2, 0.25) is 0 Å². The van der Waals surface area contributed by atoms with Gasteiger partial charge in [-0.1, -0.05) is 0 Å². The van der Waals surface area contributed by atoms with Crippen LogP contribution in [-0.4, -0.2) is 40.4 Å². The topological polar surface area (TPSA) is 56.9 Å². The maximum Gasteiger partial charge on any atom is 0.162 e. The van der Waals surface area contributed by atoms with Crippen molar-refractivity contribution in [1.29, 1.82) is 5.26 Å². The zero-order chi connectivity index (χ0) is 15.7. The highest BCUT2D eigenvalue weighted by Crippen LogP contribution is 2.44. The normalized spacial score (nSPS) is 25.7. The second kappa shape index (κ2) is 6.26. The summed E-state index contributed by atoms with van der Waals surface area (Å²) in [4.78, 5) is 2.66. The van der Waals surface area contributed by atoms with Gasteiger partial charge in [0.1, 0.15) is 6.07 Å². The van der Waals surface area contributed by atoms with Crippen molar-refractivity contribution in [1.82, 2.24) is 20.0 Å². The molecule has 1 saturated carbocycles. The molecule has 1 aromatic rings. The van der Waals surface area contributed by atoms with Gasteiger partial charge in [-0.05, 0) is 69.5 Å². The molecule has 1 aliphatic carbocycles. The van der Waals surface area contributed by atoms with Gasteiger partial charge >= 0.3 is 0 Å². The monoisotopic (exact) mass is 313 g/mol. The third kappa shape index (κ3) is 3.02. The lowest BCUT2D eigenvalue weighted by molar-refractivity contribution is 0.0623. The number of aryl methyl sites for hydroxylation is 1. The van der Waals surface area contributed by atoms with Crippen LogP contribution in [-0.2, 0) is 13.1 Å². The van der Waals surface area contributed by atoms with E-state index in [9.17, 15) is 0 Å². The summed E-state index contributed by atoms with van der Waals surface area (Å²) in [5.41, 5.74) is 2.43. The van der Waals surface area contributed by atoms with E-state index in [1.54, 1.807) is 0 Å². The van der Waals surface area contributed by atoms with Crippen molar-refractivity contribution in [2.75, 3.05) is 19.6 Å². The summed E-state index contributed by atoms with van der Waals surface area (Å²) < 4.78 is 2.05. The Labute approximate surface area is 138 Å². The first-order valence-electron chi connectivity index (χ1n) is 9.20. The van der Waals surface area contributed by atoms with Gasteiger partial charge in [-0.3, -0.25) is 9.58 Å². The third-order valence-electron chi connectivity index (χ3n) is 6.35. The van der Waals surface area contributed by atoms with Gasteiger partial charge in [0.05, 0.1) is 5.69 Å². The molecule has 1 spiro atoms. The van der Waals surface area contributed by atoms with E-state index < -0.39 is 0 Å². The lowest BCUT2D eigenvalue weighted by atomic mass is 9.67. The molecule has 2 fully saturated rings. The largest absolute Gasteiger partial charge is 0.317 e. The summed E-state index contributed by atoms with van der Waals surface area (Å²) in [5, 5.41) is 17.0. The Hall–Kier alpha value is -1.38. The molecule has 1 saturated heterocycles. The molecule has 2 aliphatic heterocycles. The van der Waals surface area contributed by atoms with Crippen LogP contribution in [0, 0.1) is 16.7 Å². The number of fused-ring (bicyclic) bond motifs is 1. The van der Waals surface area contributed by atoms with Crippen LogP contribution in [0.5, 0.6) is 0 Å². The van der Waals surface area contributed by atoms with Crippen molar-refractivity contribution in [2.24, 2.45) is 5.41 Å². The summed E-state index contributed by atoms with van der Waals surface area (Å²) in [6, 6.07) is 4.89. The molecule has 3 heterocycles. The highest BCUT2D eigenvalue weighted by Gasteiger charge is 2.38. The Bertz CT molecular complexity index is 583. The highest BCUT2D eigenvalue weighted by molar-refractivity contribution is 5.23. The van der Waals surface area contributed by atoms with E-state index in [-0.39, 0.29) is 0 Å². The SMILES string of the molecule is N#Cc1cc2n(n1)CCCN(C1CCC3(CCNCC3)CC1)C2. The zero-order valence-corrected chi connectivity index (χ0v) is 13.9. The molecule has 1 N–H and O–H groups in total. The van der Waals surface area contributed by atoms with Crippen LogP contribution in [0.4, 0.5) is 0 Å². The van der Waals surface area contributed by atoms with Crippen molar-refractivity contribution in [3.05, 3.63) is 17.5 Å². The van der Waals surface area contributed by atoms with E-state index in [1.165, 1.54) is 63.9 Å². The molecule has 0 atom stereocenters. The molecular weight excluding hydrogens is 286 g/mol. The first kappa shape index (κ1) is 15.2. The second-order valence-corrected chi connectivity index (χ2v) is 7.66. The van der Waals surface area contributed by atoms with E-state index in [2.05, 4.69) is 26.1 Å². The number of hydrogen-bond acceptors (Lipinski definition) is 4. The molecule has 0 radical (unpaired) electrons. The van der Waals surface area contributed by atoms with Crippen molar-refractivity contribution in [3.63, 3.8) is 0 Å². The molecular formula is C18H27N5. The van der Waals surface area contributed by atoms with Crippen molar-refractivity contribution >= 4 is 0 Å². The van der Waals surface area contributed by atoms with Gasteiger partial charge in [-0.25, -0.2) is 0 Å². The molecule has 3 aliphatic rings. The summed E-state index contributed by atoms with van der Waals surface area (Å²) in [6.45, 7) is 5.52. The molecule has 0 aromatic carbocycles. The Morgan fingerprint density at radius 2 is 1.96 bits per heavy atom. The minimum Gasteiger partial charge on any atom is -0.317 e. The maximum atomic E-state index is 9.07. The first-order chi connectivity index (χ1) is 11.3. The number of nitriles is 1. The maximum absolute atomic E-state index is 9.07. The Morgan fingerprint density at radius 1 is 1.17 bits per heavy atom. The molecule has 0 amide bonds. The fourth-order valence-corrected chi connectivity index (χ4v) is 4.89. The van der Waals surface area contributed by atoms with Gasteiger partial charge < -0.3 is 5.32 Å². The molecule has 0 bridgehead atoms. The van der Waals surface area contributed by atoms with Crippen LogP contribution in [0.15, 0.2) is 6.07 Å². The standard InChI is InChI=1S/C18H27N5/c19-13-15-12-17-14-22(10-1-11-23(17)21-15)16-2-4-18(5-3-16)6-8-20-9-7-18/h12,16,20H,1-11,14H2. The number of rotatable bonds is 1. The Kier molecular flexibility index (Phi) is 4.13. The fourth-order valence-electron chi connectivity index (χ4n) is 4.89. The van der Waals surface area contributed by atoms with Gasteiger partial charge in [-0.15, -0.1) is 0 Å². The lowest BCUT2D eigenvalue weighted by Gasteiger charge is -2.45. The van der Waals surface area contributed by atoms with E-state index in [4.69, 9.17) is 5.26 Å². The fraction of sp³-hybridized carbons (Fsp3) is 0.778. The van der Waals surface area contributed by atoms with Crippen molar-refractivity contribution < 1.29 is 0 Å². The number of piperidine rings is 1. The average molecular weight is 313 g/mol. The van der Waals surface area contributed by atoms with E-state index in [0.717, 1.165) is 25.6 Å². The molecule has 124 valence electrons. The summed E-state index contributed by atoms with van der Waals surface area (Å²) in [5.74, 6) is 0. The Balaban J connectivity index is 1.42. The van der Waals surface area contributed by atoms with E-state index >= 15 is 0 Å². The summed E-state index contributed by atoms with van der Waals surface area (Å²) in [6.07, 6.45) is 9.39. The van der Waals surface area contributed by atoms with Gasteiger partial charge in [0, 0.05) is 25.7 Å². The van der Waals surface area contributed by atoms with Crippen LogP contribution in [0.3, 0.4) is 0 Å². The van der Waals surface area contributed by atoms with Crippen LogP contribution >= 0.6 is 0 Å². The average Bonchev–Trinajstić information content (AvgIpc) is 2.87. The molecule has 5 heteroatoms. The number of nitrogens with zero attached hydrogens (tertiary/aromatic N) is 4. The predicted octanol–water partition coefficient (Wildman–Crippen LogP) is 2.27. The second-order valence-electron chi connectivity index (χ2n) is 7.66. The van der Waals surface area contributed by atoms with Crippen LogP contribution < -0.4 is 5.32 Å². The van der Waals surface area contributed by atoms with Gasteiger partial charge in [-0.2, -0.15) is 10.4 Å². The molecule has 23 heavy (non-hydrogen) atoms. The lowest BCUT2D eigenvalue weighted by Crippen LogP contribution is -2.44. The number of hydrogen-bond donors (Lipinski definition) is 1. The number of nitrogens with one attached hydrogen (secondary N) is 1. The minimum absolute atomic E-state index is 0.569. The van der Waals surface area contributed by atoms with Gasteiger partial charge in [0.25, 0.3) is 0 Å². The van der Waals surface area contributed by atoms with E-state index in [1.807, 2.05) is 6.07 Å². The molecule has 0 unspecified atom stereocenters. The quantitative estimate of drug-likeness (QED) is 0.864. The minimum atomic E-state index is 0.569. The zero-order valence-electron chi connectivity index (χ0n) is 13.9. The smallest absolute Gasteiger partial charge is 0.162 e. The summed E-state index contributed by atoms with van der Waals surface area (Å²) in [7, 11) is 0. The van der Waals surface area contributed by atoms with E-state index in [0.29, 0.717) is 11.1 Å². The highest BCUT2D eigenvalue weighted by atomic mass is 15.3. The summed E-state index contributed by atoms with van der Waals surface area (Å²) >= 11 is 0. The van der Waals surface area contributed by atoms with Crippen LogP contribution in [0.1, 0.15) is 56.3 Å². The van der Waals surface area contributed by atoms with Crippen molar-refractivity contribution in [3.8, 4) is 6.07 Å². The predicted molar refractivity (Wildman–Crippen MR) is 88.8 cm³/mol. The molecule has 1 aromatic heterocycles. The van der Waals surface area contributed by atoms with Crippen LogP contribution in [0.25, 0.3) is 0 Å².